The van der Waals surface area contributed by atoms with Gasteiger partial charge < -0.3 is 10.1 Å². The first-order valence-corrected chi connectivity index (χ1v) is 6.88. The van der Waals surface area contributed by atoms with Crippen LogP contribution in [0.15, 0.2) is 24.3 Å². The maximum Gasteiger partial charge on any atom is 0.416 e. The summed E-state index contributed by atoms with van der Waals surface area (Å²) < 4.78 is 42.8. The lowest BCUT2D eigenvalue weighted by Gasteiger charge is -2.16. The Bertz CT molecular complexity index is 376. The molecule has 0 saturated carbocycles. The molecule has 0 aromatic heterocycles. The molecule has 0 radical (unpaired) electrons. The van der Waals surface area contributed by atoms with Crippen LogP contribution < -0.4 is 5.32 Å². The molecule has 1 atom stereocenters. The van der Waals surface area contributed by atoms with E-state index in [0.717, 1.165) is 37.1 Å². The van der Waals surface area contributed by atoms with Gasteiger partial charge in [0.1, 0.15) is 0 Å². The molecule has 20 heavy (non-hydrogen) atoms. The Morgan fingerprint density at radius 1 is 1.15 bits per heavy atom. The molecule has 0 heterocycles. The van der Waals surface area contributed by atoms with Crippen molar-refractivity contribution in [2.24, 2.45) is 0 Å². The molecule has 1 N–H and O–H groups in total. The number of ether oxygens (including phenoxy) is 1. The van der Waals surface area contributed by atoms with Crippen LogP contribution in [0, 0.1) is 0 Å². The van der Waals surface area contributed by atoms with Crippen molar-refractivity contribution < 1.29 is 17.9 Å². The van der Waals surface area contributed by atoms with Gasteiger partial charge in [0.05, 0.1) is 5.56 Å². The van der Waals surface area contributed by atoms with Crippen LogP contribution in [0.25, 0.3) is 0 Å². The van der Waals surface area contributed by atoms with Crippen LogP contribution >= 0.6 is 0 Å². The Morgan fingerprint density at radius 2 is 1.80 bits per heavy atom. The van der Waals surface area contributed by atoms with Crippen molar-refractivity contribution >= 4 is 0 Å². The van der Waals surface area contributed by atoms with E-state index in [1.165, 1.54) is 0 Å². The smallest absolute Gasteiger partial charge is 0.381 e. The summed E-state index contributed by atoms with van der Waals surface area (Å²) >= 11 is 0. The molecule has 0 spiro atoms. The third-order valence-electron chi connectivity index (χ3n) is 3.13. The predicted molar refractivity (Wildman–Crippen MR) is 73.7 cm³/mol. The number of alkyl halides is 3. The number of likely N-dealkylation sites (N-methyl/N-ethyl adjacent to an activating group) is 1. The van der Waals surface area contributed by atoms with Gasteiger partial charge in [-0.3, -0.25) is 0 Å². The van der Waals surface area contributed by atoms with Gasteiger partial charge in [0.25, 0.3) is 0 Å². The van der Waals surface area contributed by atoms with Crippen molar-refractivity contribution in [2.75, 3.05) is 20.3 Å². The van der Waals surface area contributed by atoms with Gasteiger partial charge in [-0.05, 0) is 44.0 Å². The molecule has 0 aliphatic rings. The maximum atomic E-state index is 12.5. The fraction of sp³-hybridized carbons (Fsp3) is 0.600. The Labute approximate surface area is 118 Å². The Morgan fingerprint density at radius 3 is 2.30 bits per heavy atom. The Hall–Kier alpha value is -1.07. The molecule has 0 bridgehead atoms. The average Bonchev–Trinajstić information content (AvgIpc) is 2.42. The quantitative estimate of drug-likeness (QED) is 0.738. The second-order valence-electron chi connectivity index (χ2n) is 4.79. The van der Waals surface area contributed by atoms with E-state index >= 15 is 0 Å². The predicted octanol–water partition coefficient (Wildman–Crippen LogP) is 3.65. The standard InChI is InChI=1S/C15H22F3NO/c1-3-9-20-10-8-14(19-2)11-12-4-6-13(7-5-12)15(16,17)18/h4-7,14,19H,3,8-11H2,1-2H3. The minimum absolute atomic E-state index is 0.212. The molecule has 2 nitrogen and oxygen atoms in total. The minimum Gasteiger partial charge on any atom is -0.381 e. The van der Waals surface area contributed by atoms with Gasteiger partial charge in [-0.25, -0.2) is 0 Å². The van der Waals surface area contributed by atoms with E-state index < -0.39 is 11.7 Å². The molecule has 114 valence electrons. The van der Waals surface area contributed by atoms with E-state index in [0.29, 0.717) is 13.0 Å². The molecule has 1 rings (SSSR count). The van der Waals surface area contributed by atoms with E-state index in [9.17, 15) is 13.2 Å². The first-order valence-electron chi connectivity index (χ1n) is 6.88. The second-order valence-corrected chi connectivity index (χ2v) is 4.79. The molecule has 5 heteroatoms. The molecule has 1 unspecified atom stereocenters. The number of hydrogen-bond acceptors (Lipinski definition) is 2. The van der Waals surface area contributed by atoms with Gasteiger partial charge in [0.2, 0.25) is 0 Å². The lowest BCUT2D eigenvalue weighted by atomic mass is 10.0. The molecule has 1 aromatic rings. The summed E-state index contributed by atoms with van der Waals surface area (Å²) in [5.74, 6) is 0. The van der Waals surface area contributed by atoms with Gasteiger partial charge in [-0.2, -0.15) is 13.2 Å². The van der Waals surface area contributed by atoms with Gasteiger partial charge in [0.15, 0.2) is 0 Å². The fourth-order valence-electron chi connectivity index (χ4n) is 1.93. The van der Waals surface area contributed by atoms with Crippen LogP contribution in [0.1, 0.15) is 30.9 Å². The highest BCUT2D eigenvalue weighted by molar-refractivity contribution is 5.25. The lowest BCUT2D eigenvalue weighted by molar-refractivity contribution is -0.137. The van der Waals surface area contributed by atoms with Crippen molar-refractivity contribution in [3.63, 3.8) is 0 Å². The zero-order valence-corrected chi connectivity index (χ0v) is 12.0. The number of rotatable bonds is 8. The summed E-state index contributed by atoms with van der Waals surface area (Å²) in [6.07, 6.45) is -1.74. The summed E-state index contributed by atoms with van der Waals surface area (Å²) in [5, 5.41) is 3.17. The highest BCUT2D eigenvalue weighted by atomic mass is 19.4. The Balaban J connectivity index is 2.49. The summed E-state index contributed by atoms with van der Waals surface area (Å²) in [6.45, 7) is 3.47. The first kappa shape index (κ1) is 17.0. The summed E-state index contributed by atoms with van der Waals surface area (Å²) in [5.41, 5.74) is 0.293. The van der Waals surface area contributed by atoms with Gasteiger partial charge in [-0.15, -0.1) is 0 Å². The Kier molecular flexibility index (Phi) is 7.02. The molecular weight excluding hydrogens is 267 g/mol. The molecule has 0 saturated heterocycles. The molecule has 1 aromatic carbocycles. The van der Waals surface area contributed by atoms with Crippen LogP contribution in [0.5, 0.6) is 0 Å². The monoisotopic (exact) mass is 289 g/mol. The SMILES string of the molecule is CCCOCCC(Cc1ccc(C(F)(F)F)cc1)NC. The number of halogens is 3. The van der Waals surface area contributed by atoms with Crippen molar-refractivity contribution in [1.29, 1.82) is 0 Å². The minimum atomic E-state index is -4.27. The van der Waals surface area contributed by atoms with E-state index in [4.69, 9.17) is 4.74 Å². The first-order chi connectivity index (χ1) is 9.47. The number of hydrogen-bond donors (Lipinski definition) is 1. The molecule has 0 aliphatic carbocycles. The van der Waals surface area contributed by atoms with Crippen LogP contribution in [-0.2, 0) is 17.3 Å². The second kappa shape index (κ2) is 8.27. The van der Waals surface area contributed by atoms with Gasteiger partial charge >= 0.3 is 6.18 Å². The van der Waals surface area contributed by atoms with E-state index in [1.807, 2.05) is 7.05 Å². The van der Waals surface area contributed by atoms with Gasteiger partial charge in [0, 0.05) is 19.3 Å². The van der Waals surface area contributed by atoms with E-state index in [2.05, 4.69) is 12.2 Å². The summed E-state index contributed by atoms with van der Waals surface area (Å²) in [4.78, 5) is 0. The van der Waals surface area contributed by atoms with Crippen molar-refractivity contribution in [1.82, 2.24) is 5.32 Å². The largest absolute Gasteiger partial charge is 0.416 e. The third-order valence-corrected chi connectivity index (χ3v) is 3.13. The lowest BCUT2D eigenvalue weighted by Crippen LogP contribution is -2.29. The van der Waals surface area contributed by atoms with E-state index in [1.54, 1.807) is 12.1 Å². The zero-order valence-electron chi connectivity index (χ0n) is 12.0. The maximum absolute atomic E-state index is 12.5. The molecule has 0 fully saturated rings. The normalized spacial score (nSPS) is 13.4. The third kappa shape index (κ3) is 5.92. The topological polar surface area (TPSA) is 21.3 Å². The van der Waals surface area contributed by atoms with Crippen molar-refractivity contribution in [3.05, 3.63) is 35.4 Å². The zero-order chi connectivity index (χ0) is 15.0. The number of benzene rings is 1. The summed E-state index contributed by atoms with van der Waals surface area (Å²) in [6, 6.07) is 5.56. The van der Waals surface area contributed by atoms with Gasteiger partial charge in [-0.1, -0.05) is 19.1 Å². The fourth-order valence-corrected chi connectivity index (χ4v) is 1.93. The molecular formula is C15H22F3NO. The van der Waals surface area contributed by atoms with E-state index in [-0.39, 0.29) is 6.04 Å². The highest BCUT2D eigenvalue weighted by Crippen LogP contribution is 2.29. The van der Waals surface area contributed by atoms with Crippen molar-refractivity contribution in [2.45, 2.75) is 38.4 Å². The summed E-state index contributed by atoms with van der Waals surface area (Å²) in [7, 11) is 1.86. The van der Waals surface area contributed by atoms with Crippen LogP contribution in [0.3, 0.4) is 0 Å². The highest BCUT2D eigenvalue weighted by Gasteiger charge is 2.29. The van der Waals surface area contributed by atoms with Crippen LogP contribution in [0.2, 0.25) is 0 Å². The molecule has 0 aliphatic heterocycles. The van der Waals surface area contributed by atoms with Crippen LogP contribution in [0.4, 0.5) is 13.2 Å². The number of nitrogens with one attached hydrogen (secondary N) is 1. The van der Waals surface area contributed by atoms with Crippen molar-refractivity contribution in [3.8, 4) is 0 Å². The van der Waals surface area contributed by atoms with Crippen LogP contribution in [-0.4, -0.2) is 26.3 Å². The molecule has 0 amide bonds. The average molecular weight is 289 g/mol.